The van der Waals surface area contributed by atoms with Crippen molar-refractivity contribution in [1.29, 1.82) is 0 Å². The van der Waals surface area contributed by atoms with Crippen molar-refractivity contribution < 1.29 is 0 Å². The Morgan fingerprint density at radius 1 is 0.340 bits per heavy atom. The highest BCUT2D eigenvalue weighted by Gasteiger charge is 2.37. The van der Waals surface area contributed by atoms with Crippen molar-refractivity contribution in [2.24, 2.45) is 0 Å². The molecule has 2 heterocycles. The second-order valence-corrected chi connectivity index (χ2v) is 15.0. The molecule has 53 heavy (non-hydrogen) atoms. The van der Waals surface area contributed by atoms with Crippen molar-refractivity contribution in [2.75, 3.05) is 0 Å². The molecule has 0 aliphatic heterocycles. The van der Waals surface area contributed by atoms with Crippen molar-refractivity contribution in [1.82, 2.24) is 9.13 Å². The van der Waals surface area contributed by atoms with Crippen LogP contribution in [0.4, 0.5) is 0 Å². The van der Waals surface area contributed by atoms with Crippen LogP contribution in [0.5, 0.6) is 0 Å². The summed E-state index contributed by atoms with van der Waals surface area (Å²) in [6, 6.07) is 67.0. The van der Waals surface area contributed by atoms with Crippen LogP contribution in [0.2, 0.25) is 0 Å². The molecule has 0 amide bonds. The van der Waals surface area contributed by atoms with Crippen LogP contribution in [-0.2, 0) is 5.41 Å². The summed E-state index contributed by atoms with van der Waals surface area (Å²) in [5.74, 6) is 0. The molecule has 0 N–H and O–H groups in total. The number of para-hydroxylation sites is 2. The maximum absolute atomic E-state index is 2.45. The zero-order valence-electron chi connectivity index (χ0n) is 29.7. The largest absolute Gasteiger partial charge is 0.309 e. The van der Waals surface area contributed by atoms with Gasteiger partial charge in [-0.3, -0.25) is 0 Å². The first-order valence-corrected chi connectivity index (χ1v) is 18.5. The summed E-state index contributed by atoms with van der Waals surface area (Å²) >= 11 is 0. The Morgan fingerprint density at radius 3 is 1.64 bits per heavy atom. The molecule has 2 heteroatoms. The molecule has 11 rings (SSSR count). The molecule has 2 nitrogen and oxygen atoms in total. The Balaban J connectivity index is 1.11. The fourth-order valence-electron chi connectivity index (χ4n) is 9.32. The van der Waals surface area contributed by atoms with Gasteiger partial charge in [-0.05, 0) is 93.0 Å². The van der Waals surface area contributed by atoms with E-state index in [1.54, 1.807) is 0 Å². The van der Waals surface area contributed by atoms with Gasteiger partial charge in [0.25, 0.3) is 0 Å². The van der Waals surface area contributed by atoms with Crippen LogP contribution in [0, 0.1) is 0 Å². The van der Waals surface area contributed by atoms with Gasteiger partial charge in [0.05, 0.1) is 22.1 Å². The Hall–Kier alpha value is -6.64. The van der Waals surface area contributed by atoms with Crippen LogP contribution >= 0.6 is 0 Å². The number of aromatic nitrogens is 2. The minimum absolute atomic E-state index is 0.0710. The van der Waals surface area contributed by atoms with Gasteiger partial charge in [-0.2, -0.15) is 0 Å². The van der Waals surface area contributed by atoms with E-state index in [2.05, 4.69) is 205 Å². The standard InChI is InChI=1S/C51H36N2/c1-51(2)45-23-9-6-18-39(45)42-22-13-21-38(50(42)51)34-26-28-36(29-27-34)52-46-24-10-7-19-40(46)43-31-44-41-20-8-11-25-47(41)53(49(44)32-48(43)52)37-17-12-16-35(30-37)33-14-4-3-5-15-33/h3-32H,1-2H3. The van der Waals surface area contributed by atoms with Crippen molar-refractivity contribution in [3.05, 3.63) is 193 Å². The molecule has 2 aromatic heterocycles. The summed E-state index contributed by atoms with van der Waals surface area (Å²) in [4.78, 5) is 0. The number of nitrogens with zero attached hydrogens (tertiary/aromatic N) is 2. The predicted molar refractivity (Wildman–Crippen MR) is 224 cm³/mol. The first-order valence-electron chi connectivity index (χ1n) is 18.5. The van der Waals surface area contributed by atoms with E-state index in [9.17, 15) is 0 Å². The van der Waals surface area contributed by atoms with Crippen molar-refractivity contribution in [2.45, 2.75) is 19.3 Å². The van der Waals surface area contributed by atoms with Crippen LogP contribution in [0.3, 0.4) is 0 Å². The minimum atomic E-state index is -0.0710. The number of benzene rings is 8. The number of hydrogen-bond donors (Lipinski definition) is 0. The van der Waals surface area contributed by atoms with E-state index in [4.69, 9.17) is 0 Å². The van der Waals surface area contributed by atoms with E-state index >= 15 is 0 Å². The molecular formula is C51H36N2. The van der Waals surface area contributed by atoms with E-state index in [0.29, 0.717) is 0 Å². The number of rotatable bonds is 4. The van der Waals surface area contributed by atoms with E-state index < -0.39 is 0 Å². The highest BCUT2D eigenvalue weighted by Crippen LogP contribution is 2.52. The lowest BCUT2D eigenvalue weighted by atomic mass is 9.79. The molecule has 0 saturated carbocycles. The lowest BCUT2D eigenvalue weighted by Gasteiger charge is -2.24. The van der Waals surface area contributed by atoms with E-state index in [1.165, 1.54) is 88.1 Å². The van der Waals surface area contributed by atoms with Crippen LogP contribution in [-0.4, -0.2) is 9.13 Å². The second kappa shape index (κ2) is 11.2. The smallest absolute Gasteiger partial charge is 0.0562 e. The molecule has 1 aliphatic carbocycles. The Labute approximate surface area is 308 Å². The predicted octanol–water partition coefficient (Wildman–Crippen LogP) is 13.5. The maximum atomic E-state index is 2.45. The molecule has 0 unspecified atom stereocenters. The summed E-state index contributed by atoms with van der Waals surface area (Å²) in [5.41, 5.74) is 17.6. The number of fused-ring (bicyclic) bond motifs is 9. The average Bonchev–Trinajstić information content (AvgIpc) is 3.80. The first kappa shape index (κ1) is 30.0. The molecule has 250 valence electrons. The SMILES string of the molecule is CC1(C)c2ccccc2-c2cccc(-c3ccc(-n4c5ccccc5c5cc6c7ccccc7n(-c7cccc(-c8ccccc8)c7)c6cc54)cc3)c21. The van der Waals surface area contributed by atoms with E-state index in [-0.39, 0.29) is 5.41 Å². The fraction of sp³-hybridized carbons (Fsp3) is 0.0588. The molecule has 0 spiro atoms. The van der Waals surface area contributed by atoms with Crippen molar-refractivity contribution in [3.8, 4) is 44.8 Å². The van der Waals surface area contributed by atoms with Gasteiger partial charge in [0.15, 0.2) is 0 Å². The summed E-state index contributed by atoms with van der Waals surface area (Å²) in [7, 11) is 0. The van der Waals surface area contributed by atoms with Crippen LogP contribution in [0.15, 0.2) is 182 Å². The maximum Gasteiger partial charge on any atom is 0.0562 e. The third-order valence-corrected chi connectivity index (χ3v) is 11.7. The summed E-state index contributed by atoms with van der Waals surface area (Å²) in [6.45, 7) is 4.73. The van der Waals surface area contributed by atoms with Crippen LogP contribution < -0.4 is 0 Å². The van der Waals surface area contributed by atoms with Crippen LogP contribution in [0.1, 0.15) is 25.0 Å². The summed E-state index contributed by atoms with van der Waals surface area (Å²) in [6.07, 6.45) is 0. The zero-order valence-corrected chi connectivity index (χ0v) is 29.7. The zero-order chi connectivity index (χ0) is 35.3. The molecule has 10 aromatic rings. The van der Waals surface area contributed by atoms with Gasteiger partial charge in [-0.1, -0.05) is 147 Å². The van der Waals surface area contributed by atoms with Crippen molar-refractivity contribution >= 4 is 43.6 Å². The second-order valence-electron chi connectivity index (χ2n) is 15.0. The average molecular weight is 677 g/mol. The molecule has 0 fully saturated rings. The third-order valence-electron chi connectivity index (χ3n) is 11.7. The first-order chi connectivity index (χ1) is 26.1. The lowest BCUT2D eigenvalue weighted by Crippen LogP contribution is -2.16. The van der Waals surface area contributed by atoms with Gasteiger partial charge >= 0.3 is 0 Å². The van der Waals surface area contributed by atoms with Crippen LogP contribution in [0.25, 0.3) is 88.4 Å². The third kappa shape index (κ3) is 4.33. The normalized spacial score (nSPS) is 13.2. The molecule has 0 saturated heterocycles. The molecule has 8 aromatic carbocycles. The fourth-order valence-corrected chi connectivity index (χ4v) is 9.32. The minimum Gasteiger partial charge on any atom is -0.309 e. The van der Waals surface area contributed by atoms with Crippen molar-refractivity contribution in [3.63, 3.8) is 0 Å². The van der Waals surface area contributed by atoms with Gasteiger partial charge in [-0.15, -0.1) is 0 Å². The van der Waals surface area contributed by atoms with Gasteiger partial charge in [0.2, 0.25) is 0 Å². The quantitative estimate of drug-likeness (QED) is 0.176. The molecule has 0 radical (unpaired) electrons. The summed E-state index contributed by atoms with van der Waals surface area (Å²) in [5, 5.41) is 5.05. The van der Waals surface area contributed by atoms with E-state index in [1.807, 2.05) is 0 Å². The monoisotopic (exact) mass is 676 g/mol. The Bertz CT molecular complexity index is 3060. The van der Waals surface area contributed by atoms with Gasteiger partial charge in [0.1, 0.15) is 0 Å². The molecular weight excluding hydrogens is 641 g/mol. The molecule has 0 atom stereocenters. The van der Waals surface area contributed by atoms with Gasteiger partial charge in [0, 0.05) is 38.3 Å². The number of hydrogen-bond acceptors (Lipinski definition) is 0. The lowest BCUT2D eigenvalue weighted by molar-refractivity contribution is 0.662. The Morgan fingerprint density at radius 2 is 0.906 bits per heavy atom. The van der Waals surface area contributed by atoms with Gasteiger partial charge in [-0.25, -0.2) is 0 Å². The summed E-state index contributed by atoms with van der Waals surface area (Å²) < 4.78 is 4.89. The van der Waals surface area contributed by atoms with Gasteiger partial charge < -0.3 is 9.13 Å². The molecule has 0 bridgehead atoms. The topological polar surface area (TPSA) is 9.86 Å². The highest BCUT2D eigenvalue weighted by molar-refractivity contribution is 6.19. The van der Waals surface area contributed by atoms with E-state index in [0.717, 1.165) is 11.4 Å². The highest BCUT2D eigenvalue weighted by atomic mass is 15.0. The Kier molecular flexibility index (Phi) is 6.33. The molecule has 1 aliphatic rings.